The van der Waals surface area contributed by atoms with Gasteiger partial charge >= 0.3 is 0 Å². The zero-order chi connectivity index (χ0) is 15.6. The number of hydrogen-bond acceptors (Lipinski definition) is 4. The fraction of sp³-hybridized carbons (Fsp3) is 0.231. The summed E-state index contributed by atoms with van der Waals surface area (Å²) in [7, 11) is -3.79. The van der Waals surface area contributed by atoms with E-state index in [-0.39, 0.29) is 27.5 Å². The maximum absolute atomic E-state index is 12.5. The van der Waals surface area contributed by atoms with Gasteiger partial charge in [-0.25, -0.2) is 13.1 Å². The third-order valence-corrected chi connectivity index (χ3v) is 6.29. The highest BCUT2D eigenvalue weighted by Gasteiger charge is 2.23. The van der Waals surface area contributed by atoms with Gasteiger partial charge in [0.05, 0.1) is 11.1 Å². The Morgan fingerprint density at radius 1 is 1.38 bits per heavy atom. The molecule has 0 saturated carbocycles. The van der Waals surface area contributed by atoms with Gasteiger partial charge in [-0.05, 0) is 36.1 Å². The molecule has 8 heteroatoms. The summed E-state index contributed by atoms with van der Waals surface area (Å²) in [6.45, 7) is 1.88. The van der Waals surface area contributed by atoms with Crippen LogP contribution in [0.2, 0.25) is 10.0 Å². The van der Waals surface area contributed by atoms with Crippen molar-refractivity contribution in [3.63, 3.8) is 0 Å². The van der Waals surface area contributed by atoms with E-state index in [4.69, 9.17) is 28.9 Å². The first kappa shape index (κ1) is 16.7. The van der Waals surface area contributed by atoms with Crippen LogP contribution in [0, 0.1) is 0 Å². The molecule has 0 bridgehead atoms. The third kappa shape index (κ3) is 3.77. The first-order valence-corrected chi connectivity index (χ1v) is 9.20. The second-order valence-corrected chi connectivity index (χ2v) is 7.92. The normalized spacial score (nSPS) is 13.3. The van der Waals surface area contributed by atoms with Crippen LogP contribution in [0.3, 0.4) is 0 Å². The highest BCUT2D eigenvalue weighted by atomic mass is 35.5. The summed E-state index contributed by atoms with van der Waals surface area (Å²) in [5, 5.41) is 2.27. The second-order valence-electron chi connectivity index (χ2n) is 4.44. The Hall–Kier alpha value is -0.630. The molecule has 2 rings (SSSR count). The SMILES string of the molecule is CC(NS(=O)(=O)c1cc(Cl)cc(CN)c1Cl)c1cccs1. The molecule has 0 fully saturated rings. The van der Waals surface area contributed by atoms with Crippen LogP contribution < -0.4 is 10.5 Å². The predicted octanol–water partition coefficient (Wildman–Crippen LogP) is 3.55. The average molecular weight is 365 g/mol. The molecule has 0 aliphatic carbocycles. The molecule has 0 aliphatic heterocycles. The van der Waals surface area contributed by atoms with Gasteiger partial charge in [-0.3, -0.25) is 0 Å². The monoisotopic (exact) mass is 364 g/mol. The van der Waals surface area contributed by atoms with Crippen molar-refractivity contribution in [3.8, 4) is 0 Å². The van der Waals surface area contributed by atoms with E-state index in [9.17, 15) is 8.42 Å². The quantitative estimate of drug-likeness (QED) is 0.851. The smallest absolute Gasteiger partial charge is 0.242 e. The van der Waals surface area contributed by atoms with E-state index in [1.54, 1.807) is 13.0 Å². The van der Waals surface area contributed by atoms with Crippen molar-refractivity contribution in [1.82, 2.24) is 4.72 Å². The lowest BCUT2D eigenvalue weighted by Gasteiger charge is -2.15. The van der Waals surface area contributed by atoms with Crippen molar-refractivity contribution >= 4 is 44.6 Å². The van der Waals surface area contributed by atoms with Crippen molar-refractivity contribution in [2.75, 3.05) is 0 Å². The molecule has 1 unspecified atom stereocenters. The van der Waals surface area contributed by atoms with Crippen LogP contribution in [0.4, 0.5) is 0 Å². The number of nitrogens with one attached hydrogen (secondary N) is 1. The molecule has 3 N–H and O–H groups in total. The Morgan fingerprint density at radius 2 is 2.10 bits per heavy atom. The van der Waals surface area contributed by atoms with E-state index in [1.807, 2.05) is 17.5 Å². The number of rotatable bonds is 5. The molecule has 0 saturated heterocycles. The topological polar surface area (TPSA) is 72.2 Å². The highest BCUT2D eigenvalue weighted by Crippen LogP contribution is 2.30. The van der Waals surface area contributed by atoms with Gasteiger partial charge in [0.1, 0.15) is 4.90 Å². The summed E-state index contributed by atoms with van der Waals surface area (Å²) in [6, 6.07) is 6.26. The maximum Gasteiger partial charge on any atom is 0.242 e. The van der Waals surface area contributed by atoms with Crippen molar-refractivity contribution in [2.45, 2.75) is 24.4 Å². The molecule has 4 nitrogen and oxygen atoms in total. The molecule has 0 amide bonds. The number of thiophene rings is 1. The predicted molar refractivity (Wildman–Crippen MR) is 87.4 cm³/mol. The number of nitrogens with two attached hydrogens (primary N) is 1. The van der Waals surface area contributed by atoms with Crippen molar-refractivity contribution in [3.05, 3.63) is 50.1 Å². The van der Waals surface area contributed by atoms with Crippen LogP contribution in [0.1, 0.15) is 23.4 Å². The molecule has 114 valence electrons. The van der Waals surface area contributed by atoms with Gasteiger partial charge in [-0.15, -0.1) is 11.3 Å². The lowest BCUT2D eigenvalue weighted by molar-refractivity contribution is 0.568. The summed E-state index contributed by atoms with van der Waals surface area (Å²) < 4.78 is 27.6. The van der Waals surface area contributed by atoms with E-state index in [0.717, 1.165) is 4.88 Å². The minimum Gasteiger partial charge on any atom is -0.326 e. The minimum atomic E-state index is -3.79. The van der Waals surface area contributed by atoms with Crippen LogP contribution in [0.15, 0.2) is 34.5 Å². The molecular formula is C13H14Cl2N2O2S2. The molecule has 1 aromatic heterocycles. The number of halogens is 2. The highest BCUT2D eigenvalue weighted by molar-refractivity contribution is 7.89. The zero-order valence-electron chi connectivity index (χ0n) is 11.1. The van der Waals surface area contributed by atoms with Gasteiger partial charge in [0.15, 0.2) is 0 Å². The minimum absolute atomic E-state index is 0.0551. The molecule has 0 aliphatic rings. The average Bonchev–Trinajstić information content (AvgIpc) is 2.94. The van der Waals surface area contributed by atoms with Crippen LogP contribution >= 0.6 is 34.5 Å². The first-order valence-electron chi connectivity index (χ1n) is 6.09. The van der Waals surface area contributed by atoms with Gasteiger partial charge < -0.3 is 5.73 Å². The fourth-order valence-electron chi connectivity index (χ4n) is 1.85. The lowest BCUT2D eigenvalue weighted by atomic mass is 10.2. The van der Waals surface area contributed by atoms with Gasteiger partial charge in [0.2, 0.25) is 10.0 Å². The molecule has 2 aromatic rings. The molecular weight excluding hydrogens is 351 g/mol. The number of hydrogen-bond donors (Lipinski definition) is 2. The Balaban J connectivity index is 2.38. The van der Waals surface area contributed by atoms with Crippen molar-refractivity contribution in [1.29, 1.82) is 0 Å². The third-order valence-electron chi connectivity index (χ3n) is 2.89. The standard InChI is InChI=1S/C13H14Cl2N2O2S2/c1-8(11-3-2-4-20-11)17-21(18,19)12-6-10(14)5-9(7-16)13(12)15/h2-6,8,17H,7,16H2,1H3. The Labute approximate surface area is 137 Å². The van der Waals surface area contributed by atoms with E-state index in [0.29, 0.717) is 5.56 Å². The summed E-state index contributed by atoms with van der Waals surface area (Å²) in [6.07, 6.45) is 0. The molecule has 21 heavy (non-hydrogen) atoms. The number of benzene rings is 1. The van der Waals surface area contributed by atoms with Crippen LogP contribution in [0.5, 0.6) is 0 Å². The van der Waals surface area contributed by atoms with Gasteiger partial charge in [-0.1, -0.05) is 29.3 Å². The zero-order valence-corrected chi connectivity index (χ0v) is 14.3. The summed E-state index contributed by atoms with van der Waals surface area (Å²) >= 11 is 13.5. The van der Waals surface area contributed by atoms with Crippen LogP contribution in [0.25, 0.3) is 0 Å². The van der Waals surface area contributed by atoms with Crippen molar-refractivity contribution < 1.29 is 8.42 Å². The fourth-order valence-corrected chi connectivity index (χ4v) is 4.83. The number of sulfonamides is 1. The lowest BCUT2D eigenvalue weighted by Crippen LogP contribution is -2.27. The summed E-state index contributed by atoms with van der Waals surface area (Å²) in [5.74, 6) is 0. The van der Waals surface area contributed by atoms with Crippen LogP contribution in [-0.4, -0.2) is 8.42 Å². The first-order chi connectivity index (χ1) is 9.85. The Morgan fingerprint density at radius 3 is 2.67 bits per heavy atom. The Bertz CT molecular complexity index is 731. The van der Waals surface area contributed by atoms with Crippen LogP contribution in [-0.2, 0) is 16.6 Å². The largest absolute Gasteiger partial charge is 0.326 e. The molecule has 1 aromatic carbocycles. The summed E-state index contributed by atoms with van der Waals surface area (Å²) in [4.78, 5) is 0.858. The molecule has 0 radical (unpaired) electrons. The molecule has 0 spiro atoms. The van der Waals surface area contributed by atoms with E-state index < -0.39 is 10.0 Å². The van der Waals surface area contributed by atoms with E-state index in [2.05, 4.69) is 4.72 Å². The van der Waals surface area contributed by atoms with E-state index in [1.165, 1.54) is 17.4 Å². The Kier molecular flexibility index (Phi) is 5.29. The van der Waals surface area contributed by atoms with Gasteiger partial charge in [0, 0.05) is 16.4 Å². The van der Waals surface area contributed by atoms with Crippen molar-refractivity contribution in [2.24, 2.45) is 5.73 Å². The maximum atomic E-state index is 12.5. The summed E-state index contributed by atoms with van der Waals surface area (Å²) in [5.41, 5.74) is 6.05. The molecule has 1 heterocycles. The van der Waals surface area contributed by atoms with Gasteiger partial charge in [-0.2, -0.15) is 0 Å². The van der Waals surface area contributed by atoms with Gasteiger partial charge in [0.25, 0.3) is 0 Å². The van der Waals surface area contributed by atoms with E-state index >= 15 is 0 Å². The molecule has 1 atom stereocenters. The second kappa shape index (κ2) is 6.64.